The van der Waals surface area contributed by atoms with Crippen molar-refractivity contribution < 1.29 is 18.0 Å². The summed E-state index contributed by atoms with van der Waals surface area (Å²) in [5.74, 6) is -3.18. The number of likely N-dealkylation sites (tertiary alicyclic amines) is 1. The molecule has 1 fully saturated rings. The number of halogens is 3. The minimum Gasteiger partial charge on any atom is -0.369 e. The van der Waals surface area contributed by atoms with Gasteiger partial charge in [-0.2, -0.15) is 0 Å². The molecule has 1 aliphatic heterocycles. The summed E-state index contributed by atoms with van der Waals surface area (Å²) in [7, 11) is 3.89. The van der Waals surface area contributed by atoms with Gasteiger partial charge < -0.3 is 15.1 Å². The fraction of sp³-hybridized carbons (Fsp3) is 0.350. The van der Waals surface area contributed by atoms with E-state index in [1.807, 2.05) is 11.9 Å². The minimum atomic E-state index is -0.993. The Hall–Kier alpha value is -2.54. The molecule has 3 rings (SSSR count). The summed E-state index contributed by atoms with van der Waals surface area (Å²) in [6, 6.07) is 7.56. The molecule has 0 atom stereocenters. The van der Waals surface area contributed by atoms with Gasteiger partial charge in [0.25, 0.3) is 5.91 Å². The van der Waals surface area contributed by atoms with E-state index < -0.39 is 23.4 Å². The average Bonchev–Trinajstić information content (AvgIpc) is 2.63. The number of carbonyl (C=O) groups excluding carboxylic acids is 1. The maximum Gasteiger partial charge on any atom is 0.258 e. The van der Waals surface area contributed by atoms with E-state index in [0.717, 1.165) is 38.1 Å². The molecular weight excluding hydrogens is 355 g/mol. The molecule has 0 bridgehead atoms. The number of amides is 1. The summed E-state index contributed by atoms with van der Waals surface area (Å²) in [5, 5.41) is 2.38. The van der Waals surface area contributed by atoms with Crippen LogP contribution in [0.1, 0.15) is 23.2 Å². The first-order chi connectivity index (χ1) is 12.9. The molecule has 1 amide bonds. The topological polar surface area (TPSA) is 35.6 Å². The Morgan fingerprint density at radius 3 is 2.52 bits per heavy atom. The van der Waals surface area contributed by atoms with Crippen LogP contribution < -0.4 is 10.2 Å². The van der Waals surface area contributed by atoms with Crippen LogP contribution >= 0.6 is 0 Å². The van der Waals surface area contributed by atoms with Gasteiger partial charge in [-0.25, -0.2) is 13.2 Å². The third-order valence-electron chi connectivity index (χ3n) is 5.02. The highest BCUT2D eigenvalue weighted by molar-refractivity contribution is 6.04. The summed E-state index contributed by atoms with van der Waals surface area (Å²) >= 11 is 0. The number of hydrogen-bond donors (Lipinski definition) is 1. The van der Waals surface area contributed by atoms with Gasteiger partial charge in [0.2, 0.25) is 0 Å². The number of hydrogen-bond acceptors (Lipinski definition) is 3. The number of piperidine rings is 1. The molecule has 27 heavy (non-hydrogen) atoms. The van der Waals surface area contributed by atoms with E-state index in [1.54, 1.807) is 12.1 Å². The van der Waals surface area contributed by atoms with Gasteiger partial charge in [-0.05, 0) is 57.2 Å². The Morgan fingerprint density at radius 2 is 1.85 bits per heavy atom. The zero-order chi connectivity index (χ0) is 19.6. The lowest BCUT2D eigenvalue weighted by atomic mass is 10.0. The number of nitrogens with zero attached hydrogens (tertiary/aromatic N) is 2. The SMILES string of the molecule is CN1CCC(N(C)c2cccc(NC(=O)c3ccc(F)cc3F)c2F)CC1. The van der Waals surface area contributed by atoms with Crippen LogP contribution in [0.3, 0.4) is 0 Å². The molecule has 0 aromatic heterocycles. The summed E-state index contributed by atoms with van der Waals surface area (Å²) in [6.07, 6.45) is 1.84. The minimum absolute atomic E-state index is 0.0407. The Kier molecular flexibility index (Phi) is 5.70. The molecule has 1 saturated heterocycles. The molecule has 2 aromatic rings. The molecule has 4 nitrogen and oxygen atoms in total. The number of nitrogens with one attached hydrogen (secondary N) is 1. The van der Waals surface area contributed by atoms with Gasteiger partial charge in [0, 0.05) is 19.2 Å². The molecule has 7 heteroatoms. The van der Waals surface area contributed by atoms with E-state index in [1.165, 1.54) is 6.07 Å². The third kappa shape index (κ3) is 4.24. The van der Waals surface area contributed by atoms with Crippen LogP contribution in [0.25, 0.3) is 0 Å². The van der Waals surface area contributed by atoms with Crippen LogP contribution in [0.15, 0.2) is 36.4 Å². The second-order valence-electron chi connectivity index (χ2n) is 6.86. The predicted octanol–water partition coefficient (Wildman–Crippen LogP) is 3.89. The molecule has 0 unspecified atom stereocenters. The maximum absolute atomic E-state index is 15.0. The second kappa shape index (κ2) is 8.00. The Morgan fingerprint density at radius 1 is 1.15 bits per heavy atom. The van der Waals surface area contributed by atoms with Crippen molar-refractivity contribution in [2.45, 2.75) is 18.9 Å². The van der Waals surface area contributed by atoms with Crippen molar-refractivity contribution in [3.63, 3.8) is 0 Å². The van der Waals surface area contributed by atoms with Crippen LogP contribution in [-0.4, -0.2) is 44.0 Å². The van der Waals surface area contributed by atoms with Crippen LogP contribution in [0.5, 0.6) is 0 Å². The molecule has 144 valence electrons. The zero-order valence-corrected chi connectivity index (χ0v) is 15.3. The summed E-state index contributed by atoms with van der Waals surface area (Å²) in [6.45, 7) is 1.88. The van der Waals surface area contributed by atoms with Gasteiger partial charge in [0.1, 0.15) is 11.6 Å². The summed E-state index contributed by atoms with van der Waals surface area (Å²) < 4.78 is 41.8. The molecule has 1 heterocycles. The van der Waals surface area contributed by atoms with E-state index in [-0.39, 0.29) is 17.3 Å². The predicted molar refractivity (Wildman–Crippen MR) is 99.6 cm³/mol. The quantitative estimate of drug-likeness (QED) is 0.878. The molecule has 2 aromatic carbocycles. The first kappa shape index (κ1) is 19.2. The van der Waals surface area contributed by atoms with Crippen molar-refractivity contribution in [1.82, 2.24) is 4.90 Å². The van der Waals surface area contributed by atoms with Gasteiger partial charge in [0.15, 0.2) is 5.82 Å². The van der Waals surface area contributed by atoms with E-state index in [9.17, 15) is 18.0 Å². The number of carbonyl (C=O) groups is 1. The van der Waals surface area contributed by atoms with Gasteiger partial charge in [-0.15, -0.1) is 0 Å². The number of anilines is 2. The first-order valence-corrected chi connectivity index (χ1v) is 8.83. The molecule has 0 spiro atoms. The first-order valence-electron chi connectivity index (χ1n) is 8.83. The van der Waals surface area contributed by atoms with Crippen molar-refractivity contribution in [3.05, 3.63) is 59.4 Å². The lowest BCUT2D eigenvalue weighted by molar-refractivity contribution is 0.102. The van der Waals surface area contributed by atoms with Crippen LogP contribution in [0, 0.1) is 17.5 Å². The smallest absolute Gasteiger partial charge is 0.258 e. The second-order valence-corrected chi connectivity index (χ2v) is 6.86. The summed E-state index contributed by atoms with van der Waals surface area (Å²) in [4.78, 5) is 16.4. The largest absolute Gasteiger partial charge is 0.369 e. The standard InChI is InChI=1S/C20H22F3N3O/c1-25-10-8-14(9-11-25)26(2)18-5-3-4-17(19(18)23)24-20(27)15-7-6-13(21)12-16(15)22/h3-7,12,14H,8-11H2,1-2H3,(H,24,27). The third-order valence-corrected chi connectivity index (χ3v) is 5.02. The van der Waals surface area contributed by atoms with Crippen molar-refractivity contribution in [1.29, 1.82) is 0 Å². The van der Waals surface area contributed by atoms with Crippen molar-refractivity contribution in [3.8, 4) is 0 Å². The van der Waals surface area contributed by atoms with Crippen LogP contribution in [0.2, 0.25) is 0 Å². The lowest BCUT2D eigenvalue weighted by Gasteiger charge is -2.36. The number of rotatable bonds is 4. The van der Waals surface area contributed by atoms with E-state index in [4.69, 9.17) is 0 Å². The average molecular weight is 377 g/mol. The van der Waals surface area contributed by atoms with E-state index in [0.29, 0.717) is 11.8 Å². The van der Waals surface area contributed by atoms with Gasteiger partial charge in [0.05, 0.1) is 16.9 Å². The molecule has 1 N–H and O–H groups in total. The molecule has 0 radical (unpaired) electrons. The molecule has 0 aliphatic carbocycles. The van der Waals surface area contributed by atoms with E-state index in [2.05, 4.69) is 17.3 Å². The highest BCUT2D eigenvalue weighted by Gasteiger charge is 2.24. The fourth-order valence-electron chi connectivity index (χ4n) is 3.33. The highest BCUT2D eigenvalue weighted by atomic mass is 19.1. The maximum atomic E-state index is 15.0. The Bertz CT molecular complexity index is 835. The van der Waals surface area contributed by atoms with E-state index >= 15 is 0 Å². The van der Waals surface area contributed by atoms with Crippen molar-refractivity contribution >= 4 is 17.3 Å². The molecule has 0 saturated carbocycles. The monoisotopic (exact) mass is 377 g/mol. The van der Waals surface area contributed by atoms with Gasteiger partial charge >= 0.3 is 0 Å². The Labute approximate surface area is 156 Å². The molecular formula is C20H22F3N3O. The zero-order valence-electron chi connectivity index (χ0n) is 15.3. The van der Waals surface area contributed by atoms with Crippen LogP contribution in [-0.2, 0) is 0 Å². The normalized spacial score (nSPS) is 15.6. The lowest BCUT2D eigenvalue weighted by Crippen LogP contribution is -2.42. The van der Waals surface area contributed by atoms with Gasteiger partial charge in [-0.1, -0.05) is 6.07 Å². The fourth-order valence-corrected chi connectivity index (χ4v) is 3.33. The van der Waals surface area contributed by atoms with Crippen molar-refractivity contribution in [2.24, 2.45) is 0 Å². The van der Waals surface area contributed by atoms with Crippen LogP contribution in [0.4, 0.5) is 24.5 Å². The van der Waals surface area contributed by atoms with Crippen molar-refractivity contribution in [2.75, 3.05) is 37.4 Å². The Balaban J connectivity index is 1.79. The highest BCUT2D eigenvalue weighted by Crippen LogP contribution is 2.29. The molecule has 1 aliphatic rings. The van der Waals surface area contributed by atoms with Gasteiger partial charge in [-0.3, -0.25) is 4.79 Å². The number of benzene rings is 2. The summed E-state index contributed by atoms with van der Waals surface area (Å²) in [5.41, 5.74) is -0.00666.